The van der Waals surface area contributed by atoms with Crippen molar-refractivity contribution >= 4 is 0 Å². The number of ether oxygens (including phenoxy) is 8. The molecule has 0 radical (unpaired) electrons. The van der Waals surface area contributed by atoms with E-state index in [0.717, 1.165) is 5.57 Å². The molecule has 7 rings (SSSR count). The van der Waals surface area contributed by atoms with Gasteiger partial charge in [-0.15, -0.1) is 0 Å². The molecule has 3 saturated heterocycles. The smallest absolute Gasteiger partial charge is 0.187 e. The first-order chi connectivity index (χ1) is 26.7. The fourth-order valence-electron chi connectivity index (χ4n) is 12.4. The number of hydrogen-bond donors (Lipinski definition) is 8. The predicted molar refractivity (Wildman–Crippen MR) is 199 cm³/mol. The monoisotopic (exact) mass is 816 g/mol. The molecule has 6 fully saturated rings. The SMILES string of the molecule is CO[C@H]1[C@@H](O)[C@H](O[C@H]2[C@@H](OC)C[C@H](O[C@H]3[C@@H](O)C[C@H](O[C@H]4CC[C@@]5(C)C(=CC[C@]6(O)[C@@H]5[C@H](O)[C@@H](O)[C@]5(C)[C@@H]([C@@H](C)O)CC[C@@]56O)C4)O[C@@H]3C)O[C@@H]2C)O[C@H](C)[C@H]1O. The minimum Gasteiger partial charge on any atom is -0.393 e. The second-order valence-corrected chi connectivity index (χ2v) is 18.7. The Labute approximate surface area is 335 Å². The van der Waals surface area contributed by atoms with Gasteiger partial charge in [-0.05, 0) is 77.6 Å². The van der Waals surface area contributed by atoms with Crippen LogP contribution in [-0.4, -0.2) is 171 Å². The number of methoxy groups -OCH3 is 2. The van der Waals surface area contributed by atoms with Crippen molar-refractivity contribution in [3.63, 3.8) is 0 Å². The molecule has 0 amide bonds. The van der Waals surface area contributed by atoms with Crippen molar-refractivity contribution in [2.24, 2.45) is 22.7 Å². The Kier molecular flexibility index (Phi) is 12.5. The quantitative estimate of drug-likeness (QED) is 0.147. The van der Waals surface area contributed by atoms with Crippen molar-refractivity contribution in [2.45, 2.75) is 208 Å². The fraction of sp³-hybridized carbons (Fsp3) is 0.951. The van der Waals surface area contributed by atoms with E-state index in [1.807, 2.05) is 13.0 Å². The van der Waals surface area contributed by atoms with Gasteiger partial charge < -0.3 is 78.7 Å². The van der Waals surface area contributed by atoms with Crippen molar-refractivity contribution < 1.29 is 78.7 Å². The van der Waals surface area contributed by atoms with E-state index < -0.39 is 132 Å². The molecule has 0 unspecified atom stereocenters. The first kappa shape index (κ1) is 44.2. The zero-order valence-electron chi connectivity index (χ0n) is 34.5. The lowest BCUT2D eigenvalue weighted by molar-refractivity contribution is -0.351. The lowest BCUT2D eigenvalue weighted by Gasteiger charge is -2.68. The number of aliphatic hydroxyl groups excluding tert-OH is 6. The van der Waals surface area contributed by atoms with E-state index in [-0.39, 0.29) is 31.8 Å². The lowest BCUT2D eigenvalue weighted by atomic mass is 9.42. The maximum absolute atomic E-state index is 12.5. The molecule has 3 aliphatic heterocycles. The van der Waals surface area contributed by atoms with Crippen molar-refractivity contribution in [3.05, 3.63) is 11.6 Å². The molecule has 0 aromatic carbocycles. The van der Waals surface area contributed by atoms with Crippen LogP contribution in [0.3, 0.4) is 0 Å². The van der Waals surface area contributed by atoms with Gasteiger partial charge in [0, 0.05) is 38.4 Å². The molecule has 16 heteroatoms. The number of hydrogen-bond acceptors (Lipinski definition) is 16. The molecule has 8 N–H and O–H groups in total. The van der Waals surface area contributed by atoms with E-state index >= 15 is 0 Å². The van der Waals surface area contributed by atoms with Gasteiger partial charge in [-0.2, -0.15) is 0 Å². The third kappa shape index (κ3) is 6.99. The van der Waals surface area contributed by atoms with E-state index in [2.05, 4.69) is 0 Å². The van der Waals surface area contributed by atoms with Crippen LogP contribution in [0.25, 0.3) is 0 Å². The molecule has 0 bridgehead atoms. The van der Waals surface area contributed by atoms with Crippen LogP contribution in [0.1, 0.15) is 92.9 Å². The Morgan fingerprint density at radius 1 is 0.754 bits per heavy atom. The summed E-state index contributed by atoms with van der Waals surface area (Å²) in [5, 5.41) is 91.5. The van der Waals surface area contributed by atoms with Gasteiger partial charge in [0.2, 0.25) is 0 Å². The summed E-state index contributed by atoms with van der Waals surface area (Å²) in [6.07, 6.45) is -9.48. The third-order valence-corrected chi connectivity index (χ3v) is 15.6. The van der Waals surface area contributed by atoms with Crippen LogP contribution in [0.4, 0.5) is 0 Å². The minimum atomic E-state index is -1.71. The van der Waals surface area contributed by atoms with E-state index in [1.165, 1.54) is 7.11 Å². The van der Waals surface area contributed by atoms with Crippen LogP contribution in [0.5, 0.6) is 0 Å². The molecule has 328 valence electrons. The van der Waals surface area contributed by atoms with Crippen molar-refractivity contribution in [3.8, 4) is 0 Å². The van der Waals surface area contributed by atoms with Crippen molar-refractivity contribution in [1.29, 1.82) is 0 Å². The number of rotatable bonds is 9. The van der Waals surface area contributed by atoms with Gasteiger partial charge in [0.25, 0.3) is 0 Å². The first-order valence-electron chi connectivity index (χ1n) is 21.0. The van der Waals surface area contributed by atoms with Gasteiger partial charge in [-0.1, -0.05) is 25.5 Å². The highest BCUT2D eigenvalue weighted by molar-refractivity contribution is 5.36. The highest BCUT2D eigenvalue weighted by Crippen LogP contribution is 2.69. The van der Waals surface area contributed by atoms with Crippen LogP contribution in [0.15, 0.2) is 11.6 Å². The summed E-state index contributed by atoms with van der Waals surface area (Å²) in [6, 6.07) is 0. The molecule has 57 heavy (non-hydrogen) atoms. The maximum Gasteiger partial charge on any atom is 0.187 e. The van der Waals surface area contributed by atoms with Crippen LogP contribution >= 0.6 is 0 Å². The molecule has 0 aromatic heterocycles. The van der Waals surface area contributed by atoms with Crippen LogP contribution < -0.4 is 0 Å². The lowest BCUT2D eigenvalue weighted by Crippen LogP contribution is -2.79. The van der Waals surface area contributed by atoms with Crippen LogP contribution in [0.2, 0.25) is 0 Å². The Balaban J connectivity index is 0.958. The normalized spacial score (nSPS) is 56.0. The molecule has 7 aliphatic rings. The third-order valence-electron chi connectivity index (χ3n) is 15.6. The van der Waals surface area contributed by atoms with Gasteiger partial charge in [-0.3, -0.25) is 0 Å². The van der Waals surface area contributed by atoms with E-state index in [1.54, 1.807) is 41.7 Å². The van der Waals surface area contributed by atoms with Crippen LogP contribution in [0, 0.1) is 22.7 Å². The molecule has 3 saturated carbocycles. The molecule has 3 heterocycles. The molecule has 0 spiro atoms. The van der Waals surface area contributed by atoms with Gasteiger partial charge in [0.15, 0.2) is 18.9 Å². The predicted octanol–water partition coefficient (Wildman–Crippen LogP) is 0.401. The van der Waals surface area contributed by atoms with Crippen molar-refractivity contribution in [2.75, 3.05) is 14.2 Å². The van der Waals surface area contributed by atoms with Crippen molar-refractivity contribution in [1.82, 2.24) is 0 Å². The van der Waals surface area contributed by atoms with E-state index in [0.29, 0.717) is 25.7 Å². The van der Waals surface area contributed by atoms with E-state index in [4.69, 9.17) is 37.9 Å². The highest BCUT2D eigenvalue weighted by Gasteiger charge is 2.78. The number of aliphatic hydroxyl groups is 8. The Bertz CT molecular complexity index is 1440. The highest BCUT2D eigenvalue weighted by atomic mass is 16.7. The molecular weight excluding hydrogens is 748 g/mol. The van der Waals surface area contributed by atoms with Crippen LogP contribution in [-0.2, 0) is 37.9 Å². The molecule has 4 aliphatic carbocycles. The summed E-state index contributed by atoms with van der Waals surface area (Å²) in [4.78, 5) is 0. The average Bonchev–Trinajstić information content (AvgIpc) is 3.45. The largest absolute Gasteiger partial charge is 0.393 e. The Morgan fingerprint density at radius 2 is 1.42 bits per heavy atom. The summed E-state index contributed by atoms with van der Waals surface area (Å²) >= 11 is 0. The second kappa shape index (κ2) is 16.1. The number of fused-ring (bicyclic) bond motifs is 5. The molecular formula is C41H68O16. The van der Waals surface area contributed by atoms with Gasteiger partial charge in [0.1, 0.15) is 41.7 Å². The van der Waals surface area contributed by atoms with Gasteiger partial charge in [0.05, 0.1) is 54.9 Å². The molecule has 0 aromatic rings. The zero-order chi connectivity index (χ0) is 41.6. The first-order valence-corrected chi connectivity index (χ1v) is 21.0. The fourth-order valence-corrected chi connectivity index (χ4v) is 12.4. The summed E-state index contributed by atoms with van der Waals surface area (Å²) in [5.41, 5.74) is -4.47. The average molecular weight is 817 g/mol. The summed E-state index contributed by atoms with van der Waals surface area (Å²) in [7, 11) is 2.95. The molecule has 16 nitrogen and oxygen atoms in total. The standard InChI is InChI=1S/C41H68O16/c1-18(42)24-11-14-41(49)39(24,6)36(47)31(46)35-38(5)12-10-23(15-22(38)9-13-40(35,41)48)55-27-16-25(43)32(20(3)52-27)56-28-17-26(50-7)33(21(4)53-28)57-37-30(45)34(51-8)29(44)19(2)54-37/h9,18-21,23-37,42-49H,10-17H2,1-8H3/t18-,19-,20-,21-,23+,24-,25+,26+,27+,28+,29-,30-,31+,32-,33-,34-,35-,36-,37+,38+,39+,40+,41-/m1/s1. The Hall–Kier alpha value is -0.900. The summed E-state index contributed by atoms with van der Waals surface area (Å²) in [5.74, 6) is -1.33. The summed E-state index contributed by atoms with van der Waals surface area (Å²) in [6.45, 7) is 10.6. The molecule has 23 atom stereocenters. The summed E-state index contributed by atoms with van der Waals surface area (Å²) < 4.78 is 48.3. The van der Waals surface area contributed by atoms with Gasteiger partial charge in [-0.25, -0.2) is 0 Å². The van der Waals surface area contributed by atoms with Gasteiger partial charge >= 0.3 is 0 Å². The topological polar surface area (TPSA) is 236 Å². The van der Waals surface area contributed by atoms with E-state index in [9.17, 15) is 40.9 Å². The zero-order valence-corrected chi connectivity index (χ0v) is 34.5. The Morgan fingerprint density at radius 3 is 2.05 bits per heavy atom. The second-order valence-electron chi connectivity index (χ2n) is 18.7. The maximum atomic E-state index is 12.5. The minimum absolute atomic E-state index is 0.0962.